The van der Waals surface area contributed by atoms with Crippen LogP contribution in [-0.2, 0) is 0 Å². The van der Waals surface area contributed by atoms with Crippen LogP contribution in [0.4, 0.5) is 0 Å². The second kappa shape index (κ2) is 6.94. The van der Waals surface area contributed by atoms with Gasteiger partial charge in [0.05, 0.1) is 6.20 Å². The van der Waals surface area contributed by atoms with E-state index in [9.17, 15) is 4.79 Å². The molecule has 1 unspecified atom stereocenters. The van der Waals surface area contributed by atoms with Crippen molar-refractivity contribution in [1.29, 1.82) is 0 Å². The molecular formula is C17H21N5OS. The van der Waals surface area contributed by atoms with E-state index in [2.05, 4.69) is 19.9 Å². The fourth-order valence-corrected chi connectivity index (χ4v) is 4.42. The van der Waals surface area contributed by atoms with Crippen molar-refractivity contribution in [2.24, 2.45) is 0 Å². The summed E-state index contributed by atoms with van der Waals surface area (Å²) >= 11 is 1.38. The lowest BCUT2D eigenvalue weighted by Crippen LogP contribution is -2.48. The summed E-state index contributed by atoms with van der Waals surface area (Å²) in [7, 11) is 0. The van der Waals surface area contributed by atoms with E-state index in [1.165, 1.54) is 43.7 Å². The Morgan fingerprint density at radius 3 is 2.67 bits per heavy atom. The summed E-state index contributed by atoms with van der Waals surface area (Å²) in [6.07, 6.45) is 9.92. The summed E-state index contributed by atoms with van der Waals surface area (Å²) in [5.41, 5.74) is 0. The van der Waals surface area contributed by atoms with Gasteiger partial charge in [-0.05, 0) is 44.8 Å². The van der Waals surface area contributed by atoms with E-state index in [-0.39, 0.29) is 5.91 Å². The second-order valence-electron chi connectivity index (χ2n) is 6.39. The third-order valence-electron chi connectivity index (χ3n) is 4.81. The van der Waals surface area contributed by atoms with E-state index < -0.39 is 0 Å². The third kappa shape index (κ3) is 3.18. The minimum Gasteiger partial charge on any atom is -0.336 e. The van der Waals surface area contributed by atoms with Gasteiger partial charge in [0.25, 0.3) is 5.91 Å². The number of amides is 1. The molecule has 2 aromatic heterocycles. The first kappa shape index (κ1) is 15.7. The molecule has 4 heterocycles. The molecule has 24 heavy (non-hydrogen) atoms. The van der Waals surface area contributed by atoms with Gasteiger partial charge in [-0.25, -0.2) is 15.0 Å². The quantitative estimate of drug-likeness (QED) is 0.856. The third-order valence-corrected chi connectivity index (χ3v) is 5.80. The van der Waals surface area contributed by atoms with Crippen molar-refractivity contribution in [2.45, 2.75) is 31.7 Å². The van der Waals surface area contributed by atoms with Crippen molar-refractivity contribution in [1.82, 2.24) is 24.8 Å². The zero-order valence-electron chi connectivity index (χ0n) is 13.6. The van der Waals surface area contributed by atoms with Crippen LogP contribution in [0.25, 0.3) is 10.8 Å². The van der Waals surface area contributed by atoms with Crippen LogP contribution in [0.15, 0.2) is 24.7 Å². The molecule has 0 radical (unpaired) electrons. The molecule has 4 rings (SSSR count). The van der Waals surface area contributed by atoms with Crippen molar-refractivity contribution in [3.63, 3.8) is 0 Å². The highest BCUT2D eigenvalue weighted by molar-refractivity contribution is 7.16. The largest absolute Gasteiger partial charge is 0.336 e. The first-order valence-electron chi connectivity index (χ1n) is 8.58. The van der Waals surface area contributed by atoms with Crippen LogP contribution in [-0.4, -0.2) is 62.9 Å². The highest BCUT2D eigenvalue weighted by Gasteiger charge is 2.30. The van der Waals surface area contributed by atoms with Crippen LogP contribution in [0.3, 0.4) is 0 Å². The molecule has 126 valence electrons. The van der Waals surface area contributed by atoms with E-state index in [0.717, 1.165) is 19.5 Å². The minimum atomic E-state index is 0.0959. The summed E-state index contributed by atoms with van der Waals surface area (Å²) in [5.74, 6) is 0.675. The smallest absolute Gasteiger partial charge is 0.265 e. The maximum atomic E-state index is 12.8. The van der Waals surface area contributed by atoms with E-state index in [0.29, 0.717) is 21.8 Å². The molecule has 2 fully saturated rings. The van der Waals surface area contributed by atoms with E-state index in [1.54, 1.807) is 24.7 Å². The van der Waals surface area contributed by atoms with Crippen molar-refractivity contribution < 1.29 is 4.79 Å². The Hall–Kier alpha value is -1.86. The molecule has 0 aliphatic carbocycles. The molecular weight excluding hydrogens is 322 g/mol. The predicted molar refractivity (Wildman–Crippen MR) is 92.9 cm³/mol. The molecule has 0 aromatic carbocycles. The lowest BCUT2D eigenvalue weighted by molar-refractivity contribution is 0.0612. The topological polar surface area (TPSA) is 62.2 Å². The number of aromatic nitrogens is 3. The zero-order chi connectivity index (χ0) is 16.4. The van der Waals surface area contributed by atoms with Gasteiger partial charge in [-0.3, -0.25) is 9.69 Å². The molecule has 1 amide bonds. The first-order chi connectivity index (χ1) is 11.8. The van der Waals surface area contributed by atoms with Gasteiger partial charge in [0.15, 0.2) is 10.8 Å². The van der Waals surface area contributed by atoms with Crippen molar-refractivity contribution >= 4 is 17.2 Å². The van der Waals surface area contributed by atoms with Crippen LogP contribution in [0.2, 0.25) is 0 Å². The lowest BCUT2D eigenvalue weighted by Gasteiger charge is -2.37. The Bertz CT molecular complexity index is 698. The maximum absolute atomic E-state index is 12.8. The summed E-state index contributed by atoms with van der Waals surface area (Å²) < 4.78 is 0. The number of hydrogen-bond donors (Lipinski definition) is 0. The van der Waals surface area contributed by atoms with Crippen molar-refractivity contribution in [3.8, 4) is 10.8 Å². The highest BCUT2D eigenvalue weighted by Crippen LogP contribution is 2.25. The summed E-state index contributed by atoms with van der Waals surface area (Å²) in [6.45, 7) is 4.05. The molecule has 2 aliphatic heterocycles. The van der Waals surface area contributed by atoms with E-state index >= 15 is 0 Å². The summed E-state index contributed by atoms with van der Waals surface area (Å²) in [4.78, 5) is 30.8. The normalized spacial score (nSPS) is 22.0. The van der Waals surface area contributed by atoms with Gasteiger partial charge in [-0.15, -0.1) is 11.3 Å². The van der Waals surface area contributed by atoms with Crippen molar-refractivity contribution in [2.75, 3.05) is 26.2 Å². The number of rotatable bonds is 3. The maximum Gasteiger partial charge on any atom is 0.265 e. The Labute approximate surface area is 145 Å². The molecule has 0 bridgehead atoms. The molecule has 0 N–H and O–H groups in total. The zero-order valence-corrected chi connectivity index (χ0v) is 14.4. The van der Waals surface area contributed by atoms with Gasteiger partial charge in [-0.1, -0.05) is 0 Å². The Kier molecular flexibility index (Phi) is 4.53. The number of carbonyl (C=O) groups excluding carboxylic acids is 1. The predicted octanol–water partition coefficient (Wildman–Crippen LogP) is 2.30. The van der Waals surface area contributed by atoms with Crippen LogP contribution < -0.4 is 0 Å². The van der Waals surface area contributed by atoms with Crippen LogP contribution >= 0.6 is 11.3 Å². The molecule has 7 heteroatoms. The number of likely N-dealkylation sites (tertiary alicyclic amines) is 2. The minimum absolute atomic E-state index is 0.0959. The van der Waals surface area contributed by atoms with Gasteiger partial charge >= 0.3 is 0 Å². The van der Waals surface area contributed by atoms with Gasteiger partial charge < -0.3 is 4.90 Å². The highest BCUT2D eigenvalue weighted by atomic mass is 32.1. The van der Waals surface area contributed by atoms with E-state index in [4.69, 9.17) is 0 Å². The summed E-state index contributed by atoms with van der Waals surface area (Å²) in [5, 5.41) is 0.701. The Morgan fingerprint density at radius 1 is 1.08 bits per heavy atom. The first-order valence-corrected chi connectivity index (χ1v) is 9.39. The molecule has 0 saturated carbocycles. The average Bonchev–Trinajstić information content (AvgIpc) is 3.34. The molecule has 2 aliphatic rings. The van der Waals surface area contributed by atoms with Crippen LogP contribution in [0.1, 0.15) is 35.4 Å². The van der Waals surface area contributed by atoms with Gasteiger partial charge in [-0.2, -0.15) is 0 Å². The monoisotopic (exact) mass is 343 g/mol. The van der Waals surface area contributed by atoms with Gasteiger partial charge in [0, 0.05) is 31.5 Å². The molecule has 0 spiro atoms. The van der Waals surface area contributed by atoms with Gasteiger partial charge in [0.1, 0.15) is 4.88 Å². The number of nitrogens with zero attached hydrogens (tertiary/aromatic N) is 5. The number of carbonyl (C=O) groups is 1. The standard InChI is InChI=1S/C17H21N5OS/c23-17(14-11-20-16(24-14)15-18-6-4-7-19-15)22-10-3-5-13(12-22)21-8-1-2-9-21/h4,6-7,11,13H,1-3,5,8-10,12H2. The second-order valence-corrected chi connectivity index (χ2v) is 7.42. The van der Waals surface area contributed by atoms with Crippen LogP contribution in [0, 0.1) is 0 Å². The fraction of sp³-hybridized carbons (Fsp3) is 0.529. The average molecular weight is 343 g/mol. The summed E-state index contributed by atoms with van der Waals surface area (Å²) in [6, 6.07) is 2.30. The van der Waals surface area contributed by atoms with Crippen LogP contribution in [0.5, 0.6) is 0 Å². The Morgan fingerprint density at radius 2 is 1.88 bits per heavy atom. The molecule has 2 aromatic rings. The van der Waals surface area contributed by atoms with E-state index in [1.807, 2.05) is 4.90 Å². The SMILES string of the molecule is O=C(c1cnc(-c2ncccn2)s1)N1CCCC(N2CCCC2)C1. The Balaban J connectivity index is 1.46. The van der Waals surface area contributed by atoms with Gasteiger partial charge in [0.2, 0.25) is 0 Å². The molecule has 2 saturated heterocycles. The lowest BCUT2D eigenvalue weighted by atomic mass is 10.0. The fourth-order valence-electron chi connectivity index (χ4n) is 3.59. The molecule has 1 atom stereocenters. The number of hydrogen-bond acceptors (Lipinski definition) is 6. The molecule has 6 nitrogen and oxygen atoms in total. The number of thiazole rings is 1. The number of piperidine rings is 1. The van der Waals surface area contributed by atoms with Crippen molar-refractivity contribution in [3.05, 3.63) is 29.5 Å².